The Morgan fingerprint density at radius 2 is 2.08 bits per heavy atom. The zero-order valence-electron chi connectivity index (χ0n) is 14.5. The Hall–Kier alpha value is -2.18. The molecule has 1 N–H and O–H groups in total. The maximum atomic E-state index is 12.4. The first-order valence-corrected chi connectivity index (χ1v) is 8.95. The number of carbonyl (C=O) groups excluding carboxylic acids is 1. The third kappa shape index (κ3) is 3.75. The van der Waals surface area contributed by atoms with Crippen LogP contribution in [-0.2, 0) is 4.74 Å². The highest BCUT2D eigenvalue weighted by Gasteiger charge is 2.32. The summed E-state index contributed by atoms with van der Waals surface area (Å²) in [5, 5.41) is 7.28. The normalized spacial score (nSPS) is 21.2. The minimum atomic E-state index is -0.0594. The van der Waals surface area contributed by atoms with Gasteiger partial charge in [0.25, 0.3) is 5.91 Å². The van der Waals surface area contributed by atoms with Crippen molar-refractivity contribution >= 4 is 5.91 Å². The number of carbonyl (C=O) groups is 1. The van der Waals surface area contributed by atoms with Gasteiger partial charge in [-0.1, -0.05) is 0 Å². The van der Waals surface area contributed by atoms with E-state index in [2.05, 4.69) is 15.3 Å². The molecule has 0 spiro atoms. The Labute approximate surface area is 147 Å². The second kappa shape index (κ2) is 6.98. The van der Waals surface area contributed by atoms with E-state index in [9.17, 15) is 4.79 Å². The molecule has 25 heavy (non-hydrogen) atoms. The Morgan fingerprint density at radius 1 is 1.28 bits per heavy atom. The van der Waals surface area contributed by atoms with Crippen LogP contribution in [0.1, 0.15) is 28.9 Å². The third-order valence-corrected chi connectivity index (χ3v) is 4.93. The molecular formula is C19H24N4O2. The van der Waals surface area contributed by atoms with Crippen LogP contribution in [0.15, 0.2) is 36.5 Å². The largest absolute Gasteiger partial charge is 0.374 e. The number of hydrogen-bond donors (Lipinski definition) is 1. The van der Waals surface area contributed by atoms with Crippen molar-refractivity contribution in [1.82, 2.24) is 20.0 Å². The number of aryl methyl sites for hydroxylation is 1. The molecular weight excluding hydrogens is 316 g/mol. The second-order valence-electron chi connectivity index (χ2n) is 6.86. The first kappa shape index (κ1) is 16.3. The summed E-state index contributed by atoms with van der Waals surface area (Å²) in [5.74, 6) is -0.0594. The predicted molar refractivity (Wildman–Crippen MR) is 95.0 cm³/mol. The molecule has 1 amide bonds. The van der Waals surface area contributed by atoms with Gasteiger partial charge in [0.1, 0.15) is 0 Å². The number of hydrogen-bond acceptors (Lipinski definition) is 4. The standard InChI is InChI=1S/C19H24N4O2/c1-14-8-9-21-23(14)17-4-2-15(3-5-17)19(24)20-12-18-13-22(10-11-25-18)16-6-7-16/h2-5,8-9,16,18H,6-7,10-13H2,1H3,(H,20,24). The van der Waals surface area contributed by atoms with Crippen LogP contribution in [0, 0.1) is 6.92 Å². The molecule has 1 unspecified atom stereocenters. The Morgan fingerprint density at radius 3 is 2.76 bits per heavy atom. The third-order valence-electron chi connectivity index (χ3n) is 4.93. The van der Waals surface area contributed by atoms with E-state index in [0.29, 0.717) is 12.1 Å². The predicted octanol–water partition coefficient (Wildman–Crippen LogP) is 1.77. The molecule has 6 heteroatoms. The first-order valence-electron chi connectivity index (χ1n) is 8.95. The molecule has 1 saturated heterocycles. The summed E-state index contributed by atoms with van der Waals surface area (Å²) in [6.45, 7) is 5.26. The number of rotatable bonds is 5. The molecule has 2 aliphatic rings. The van der Waals surface area contributed by atoms with Crippen LogP contribution in [0.4, 0.5) is 0 Å². The summed E-state index contributed by atoms with van der Waals surface area (Å²) in [4.78, 5) is 14.9. The maximum absolute atomic E-state index is 12.4. The lowest BCUT2D eigenvalue weighted by Gasteiger charge is -2.33. The number of ether oxygens (including phenoxy) is 1. The highest BCUT2D eigenvalue weighted by Crippen LogP contribution is 2.28. The number of aromatic nitrogens is 2. The molecule has 4 rings (SSSR count). The minimum Gasteiger partial charge on any atom is -0.374 e. The van der Waals surface area contributed by atoms with Crippen molar-refractivity contribution in [2.45, 2.75) is 31.9 Å². The lowest BCUT2D eigenvalue weighted by Crippen LogP contribution is -2.48. The Kier molecular flexibility index (Phi) is 4.55. The van der Waals surface area contributed by atoms with E-state index in [-0.39, 0.29) is 12.0 Å². The number of benzene rings is 1. The van der Waals surface area contributed by atoms with Gasteiger partial charge in [-0.15, -0.1) is 0 Å². The molecule has 0 bridgehead atoms. The van der Waals surface area contributed by atoms with Crippen molar-refractivity contribution in [3.63, 3.8) is 0 Å². The topological polar surface area (TPSA) is 59.4 Å². The van der Waals surface area contributed by atoms with Gasteiger partial charge in [0.05, 0.1) is 18.4 Å². The maximum Gasteiger partial charge on any atom is 0.251 e. The summed E-state index contributed by atoms with van der Waals surface area (Å²) >= 11 is 0. The minimum absolute atomic E-state index is 0.0594. The number of nitrogens with one attached hydrogen (secondary N) is 1. The van der Waals surface area contributed by atoms with Crippen LogP contribution in [0.5, 0.6) is 0 Å². The van der Waals surface area contributed by atoms with Crippen LogP contribution in [0.25, 0.3) is 5.69 Å². The molecule has 2 aromatic rings. The highest BCUT2D eigenvalue weighted by atomic mass is 16.5. The molecule has 1 aromatic carbocycles. The van der Waals surface area contributed by atoms with Crippen molar-refractivity contribution in [2.24, 2.45) is 0 Å². The zero-order valence-corrected chi connectivity index (χ0v) is 14.5. The Balaban J connectivity index is 1.32. The van der Waals surface area contributed by atoms with E-state index >= 15 is 0 Å². The van der Waals surface area contributed by atoms with Gasteiger partial charge >= 0.3 is 0 Å². The first-order chi connectivity index (χ1) is 12.2. The monoisotopic (exact) mass is 340 g/mol. The number of nitrogens with zero attached hydrogens (tertiary/aromatic N) is 3. The molecule has 1 aliphatic carbocycles. The molecule has 132 valence electrons. The molecule has 6 nitrogen and oxygen atoms in total. The van der Waals surface area contributed by atoms with E-state index in [1.807, 2.05) is 41.9 Å². The van der Waals surface area contributed by atoms with Gasteiger partial charge in [0, 0.05) is 43.1 Å². The van der Waals surface area contributed by atoms with Gasteiger partial charge in [0.2, 0.25) is 0 Å². The molecule has 1 aromatic heterocycles. The summed E-state index contributed by atoms with van der Waals surface area (Å²) in [6, 6.07) is 10.2. The van der Waals surface area contributed by atoms with E-state index in [4.69, 9.17) is 4.74 Å². The molecule has 2 heterocycles. The van der Waals surface area contributed by atoms with Crippen LogP contribution >= 0.6 is 0 Å². The number of amides is 1. The summed E-state index contributed by atoms with van der Waals surface area (Å²) in [6.07, 6.45) is 4.47. The fourth-order valence-corrected chi connectivity index (χ4v) is 3.34. The van der Waals surface area contributed by atoms with E-state index in [1.165, 1.54) is 12.8 Å². The van der Waals surface area contributed by atoms with Gasteiger partial charge in [0.15, 0.2) is 0 Å². The van der Waals surface area contributed by atoms with Gasteiger partial charge in [-0.2, -0.15) is 5.10 Å². The van der Waals surface area contributed by atoms with Crippen LogP contribution in [-0.4, -0.2) is 59.0 Å². The van der Waals surface area contributed by atoms with Crippen LogP contribution in [0.2, 0.25) is 0 Å². The summed E-state index contributed by atoms with van der Waals surface area (Å²) in [5.41, 5.74) is 2.67. The SMILES string of the molecule is Cc1ccnn1-c1ccc(C(=O)NCC2CN(C3CC3)CCO2)cc1. The van der Waals surface area contributed by atoms with Gasteiger partial charge in [-0.25, -0.2) is 4.68 Å². The van der Waals surface area contributed by atoms with E-state index < -0.39 is 0 Å². The van der Waals surface area contributed by atoms with Crippen molar-refractivity contribution in [2.75, 3.05) is 26.2 Å². The lowest BCUT2D eigenvalue weighted by molar-refractivity contribution is -0.0293. The number of morpholine rings is 1. The Bertz CT molecular complexity index is 736. The zero-order chi connectivity index (χ0) is 17.2. The van der Waals surface area contributed by atoms with E-state index in [0.717, 1.165) is 37.1 Å². The average molecular weight is 340 g/mol. The average Bonchev–Trinajstić information content (AvgIpc) is 3.41. The highest BCUT2D eigenvalue weighted by molar-refractivity contribution is 5.94. The van der Waals surface area contributed by atoms with Crippen molar-refractivity contribution in [3.8, 4) is 5.69 Å². The molecule has 1 atom stereocenters. The van der Waals surface area contributed by atoms with Gasteiger partial charge < -0.3 is 10.1 Å². The van der Waals surface area contributed by atoms with Crippen LogP contribution < -0.4 is 5.32 Å². The fourth-order valence-electron chi connectivity index (χ4n) is 3.34. The van der Waals surface area contributed by atoms with Gasteiger partial charge in [-0.05, 0) is 50.1 Å². The summed E-state index contributed by atoms with van der Waals surface area (Å²) in [7, 11) is 0. The van der Waals surface area contributed by atoms with Crippen molar-refractivity contribution < 1.29 is 9.53 Å². The summed E-state index contributed by atoms with van der Waals surface area (Å²) < 4.78 is 7.64. The second-order valence-corrected chi connectivity index (χ2v) is 6.86. The molecule has 1 aliphatic heterocycles. The fraction of sp³-hybridized carbons (Fsp3) is 0.474. The van der Waals surface area contributed by atoms with E-state index in [1.54, 1.807) is 6.20 Å². The van der Waals surface area contributed by atoms with Crippen molar-refractivity contribution in [3.05, 3.63) is 47.8 Å². The lowest BCUT2D eigenvalue weighted by atomic mass is 10.2. The molecule has 2 fully saturated rings. The quantitative estimate of drug-likeness (QED) is 0.901. The van der Waals surface area contributed by atoms with Crippen LogP contribution in [0.3, 0.4) is 0 Å². The van der Waals surface area contributed by atoms with Gasteiger partial charge in [-0.3, -0.25) is 9.69 Å². The molecule has 0 radical (unpaired) electrons. The molecule has 1 saturated carbocycles. The smallest absolute Gasteiger partial charge is 0.251 e. The van der Waals surface area contributed by atoms with Crippen molar-refractivity contribution in [1.29, 1.82) is 0 Å².